The molecule has 0 heterocycles. The van der Waals surface area contributed by atoms with E-state index in [9.17, 15) is 18.0 Å². The first-order chi connectivity index (χ1) is 21.5. The summed E-state index contributed by atoms with van der Waals surface area (Å²) in [5, 5.41) is 3.63. The van der Waals surface area contributed by atoms with Gasteiger partial charge in [0.15, 0.2) is 0 Å². The van der Waals surface area contributed by atoms with Crippen molar-refractivity contribution >= 4 is 66.7 Å². The topological polar surface area (TPSA) is 86.8 Å². The smallest absolute Gasteiger partial charge is 0.264 e. The Labute approximate surface area is 283 Å². The lowest BCUT2D eigenvalue weighted by Gasteiger charge is -2.34. The average molecular weight is 732 g/mol. The molecule has 0 aliphatic carbocycles. The predicted molar refractivity (Wildman–Crippen MR) is 184 cm³/mol. The highest BCUT2D eigenvalue weighted by Gasteiger charge is 2.34. The van der Waals surface area contributed by atoms with Gasteiger partial charge in [-0.15, -0.1) is 0 Å². The minimum absolute atomic E-state index is 0.0120. The number of nitrogens with one attached hydrogen (secondary N) is 1. The summed E-state index contributed by atoms with van der Waals surface area (Å²) in [4.78, 5) is 29.8. The molecule has 0 bridgehead atoms. The van der Waals surface area contributed by atoms with Gasteiger partial charge in [-0.05, 0) is 65.6 Å². The van der Waals surface area contributed by atoms with Crippen LogP contribution in [0.1, 0.15) is 25.0 Å². The summed E-state index contributed by atoms with van der Waals surface area (Å²) in [6.07, 6.45) is 0.210. The highest BCUT2D eigenvalue weighted by molar-refractivity contribution is 9.10. The predicted octanol–water partition coefficient (Wildman–Crippen LogP) is 7.36. The van der Waals surface area contributed by atoms with E-state index in [-0.39, 0.29) is 29.7 Å². The standard InChI is InChI=1S/C34H34BrCl2N3O4S/c1-24(2)21-38-34(42)32(20-25-9-5-3-6-10-25)39(22-26-13-18-30(36)31(37)19-26)33(41)23-40(28-16-14-27(35)15-17-28)45(43,44)29-11-7-4-8-12-29/h3-19,24,32H,20-23H2,1-2H3,(H,38,42)/t32-/m0/s1. The Hall–Kier alpha value is -3.37. The molecule has 0 unspecified atom stereocenters. The quantitative estimate of drug-likeness (QED) is 0.156. The molecule has 0 aliphatic heterocycles. The summed E-state index contributed by atoms with van der Waals surface area (Å²) in [7, 11) is -4.18. The van der Waals surface area contributed by atoms with E-state index < -0.39 is 28.5 Å². The Morgan fingerprint density at radius 1 is 0.822 bits per heavy atom. The van der Waals surface area contributed by atoms with Crippen molar-refractivity contribution in [3.63, 3.8) is 0 Å². The third-order valence-corrected chi connectivity index (χ3v) is 10.1. The van der Waals surface area contributed by atoms with Crippen LogP contribution in [0.2, 0.25) is 10.0 Å². The Balaban J connectivity index is 1.80. The number of carbonyl (C=O) groups is 2. The SMILES string of the molecule is CC(C)CNC(=O)[C@H](Cc1ccccc1)N(Cc1ccc(Cl)c(Cl)c1)C(=O)CN(c1ccc(Br)cc1)S(=O)(=O)c1ccccc1. The number of hydrogen-bond acceptors (Lipinski definition) is 4. The van der Waals surface area contributed by atoms with Crippen LogP contribution in [-0.4, -0.2) is 44.3 Å². The zero-order valence-corrected chi connectivity index (χ0v) is 28.8. The fourth-order valence-corrected chi connectivity index (χ4v) is 6.69. The molecule has 0 aromatic heterocycles. The Morgan fingerprint density at radius 2 is 1.44 bits per heavy atom. The maximum Gasteiger partial charge on any atom is 0.264 e. The maximum atomic E-state index is 14.5. The number of halogens is 3. The largest absolute Gasteiger partial charge is 0.354 e. The van der Waals surface area contributed by atoms with Crippen LogP contribution >= 0.6 is 39.1 Å². The zero-order valence-electron chi connectivity index (χ0n) is 24.9. The molecule has 7 nitrogen and oxygen atoms in total. The molecule has 4 aromatic rings. The van der Waals surface area contributed by atoms with Gasteiger partial charge < -0.3 is 10.2 Å². The lowest BCUT2D eigenvalue weighted by Crippen LogP contribution is -2.53. The minimum Gasteiger partial charge on any atom is -0.354 e. The van der Waals surface area contributed by atoms with Crippen molar-refractivity contribution < 1.29 is 18.0 Å². The number of carbonyl (C=O) groups excluding carboxylic acids is 2. The molecular weight excluding hydrogens is 697 g/mol. The molecule has 0 saturated heterocycles. The number of benzene rings is 4. The van der Waals surface area contributed by atoms with Gasteiger partial charge in [-0.25, -0.2) is 8.42 Å². The molecular formula is C34H34BrCl2N3O4S. The summed E-state index contributed by atoms with van der Waals surface area (Å²) >= 11 is 15.9. The molecule has 0 radical (unpaired) electrons. The number of hydrogen-bond donors (Lipinski definition) is 1. The van der Waals surface area contributed by atoms with Crippen LogP contribution < -0.4 is 9.62 Å². The van der Waals surface area contributed by atoms with E-state index in [2.05, 4.69) is 21.2 Å². The molecule has 1 atom stereocenters. The van der Waals surface area contributed by atoms with Crippen LogP contribution in [0.4, 0.5) is 5.69 Å². The molecule has 4 rings (SSSR count). The zero-order chi connectivity index (χ0) is 32.6. The summed E-state index contributed by atoms with van der Waals surface area (Å²) in [5.74, 6) is -0.736. The summed E-state index contributed by atoms with van der Waals surface area (Å²) < 4.78 is 29.9. The van der Waals surface area contributed by atoms with E-state index in [0.29, 0.717) is 27.8 Å². The van der Waals surface area contributed by atoms with Gasteiger partial charge in [-0.3, -0.25) is 13.9 Å². The van der Waals surface area contributed by atoms with Crippen molar-refractivity contribution in [3.8, 4) is 0 Å². The summed E-state index contributed by atoms with van der Waals surface area (Å²) in [5.41, 5.74) is 1.78. The first-order valence-corrected chi connectivity index (χ1v) is 17.3. The van der Waals surface area contributed by atoms with E-state index >= 15 is 0 Å². The van der Waals surface area contributed by atoms with E-state index in [0.717, 1.165) is 14.3 Å². The van der Waals surface area contributed by atoms with Gasteiger partial charge in [0.05, 0.1) is 20.6 Å². The molecule has 4 aromatic carbocycles. The van der Waals surface area contributed by atoms with Gasteiger partial charge in [-0.2, -0.15) is 0 Å². The van der Waals surface area contributed by atoms with Gasteiger partial charge in [0.1, 0.15) is 12.6 Å². The molecule has 0 fully saturated rings. The lowest BCUT2D eigenvalue weighted by atomic mass is 10.0. The van der Waals surface area contributed by atoms with Crippen LogP contribution in [0.3, 0.4) is 0 Å². The highest BCUT2D eigenvalue weighted by atomic mass is 79.9. The molecule has 0 saturated carbocycles. The second-order valence-corrected chi connectivity index (χ2v) is 14.5. The molecule has 0 spiro atoms. The first-order valence-electron chi connectivity index (χ1n) is 14.3. The molecule has 11 heteroatoms. The Kier molecular flexibility index (Phi) is 12.1. The molecule has 1 N–H and O–H groups in total. The number of sulfonamides is 1. The second kappa shape index (κ2) is 15.8. The second-order valence-electron chi connectivity index (χ2n) is 10.9. The fraction of sp³-hybridized carbons (Fsp3) is 0.235. The van der Waals surface area contributed by atoms with Gasteiger partial charge in [0.2, 0.25) is 11.8 Å². The van der Waals surface area contributed by atoms with E-state index in [4.69, 9.17) is 23.2 Å². The van der Waals surface area contributed by atoms with Crippen molar-refractivity contribution in [2.45, 2.75) is 37.8 Å². The molecule has 45 heavy (non-hydrogen) atoms. The monoisotopic (exact) mass is 729 g/mol. The fourth-order valence-electron chi connectivity index (χ4n) is 4.67. The van der Waals surface area contributed by atoms with E-state index in [1.54, 1.807) is 60.7 Å². The minimum atomic E-state index is -4.18. The normalized spacial score (nSPS) is 12.0. The third kappa shape index (κ3) is 9.33. The molecule has 0 aliphatic rings. The Morgan fingerprint density at radius 3 is 2.04 bits per heavy atom. The average Bonchev–Trinajstić information content (AvgIpc) is 3.03. The van der Waals surface area contributed by atoms with Crippen molar-refractivity contribution in [1.82, 2.24) is 10.2 Å². The first kappa shape index (κ1) is 34.5. The van der Waals surface area contributed by atoms with Gasteiger partial charge in [0.25, 0.3) is 10.0 Å². The third-order valence-electron chi connectivity index (χ3n) is 7.02. The van der Waals surface area contributed by atoms with E-state index in [1.165, 1.54) is 17.0 Å². The highest BCUT2D eigenvalue weighted by Crippen LogP contribution is 2.28. The van der Waals surface area contributed by atoms with Crippen LogP contribution in [0.25, 0.3) is 0 Å². The summed E-state index contributed by atoms with van der Waals surface area (Å²) in [6, 6.07) is 28.0. The van der Waals surface area contributed by atoms with Crippen LogP contribution in [0, 0.1) is 5.92 Å². The Bertz CT molecular complexity index is 1710. The lowest BCUT2D eigenvalue weighted by molar-refractivity contribution is -0.140. The van der Waals surface area contributed by atoms with Crippen molar-refractivity contribution in [2.24, 2.45) is 5.92 Å². The van der Waals surface area contributed by atoms with Crippen LogP contribution in [0.5, 0.6) is 0 Å². The number of anilines is 1. The van der Waals surface area contributed by atoms with Crippen molar-refractivity contribution in [2.75, 3.05) is 17.4 Å². The summed E-state index contributed by atoms with van der Waals surface area (Å²) in [6.45, 7) is 3.81. The molecule has 236 valence electrons. The van der Waals surface area contributed by atoms with Crippen LogP contribution in [0.15, 0.2) is 112 Å². The van der Waals surface area contributed by atoms with Gasteiger partial charge >= 0.3 is 0 Å². The van der Waals surface area contributed by atoms with Gasteiger partial charge in [0, 0.05) is 24.0 Å². The van der Waals surface area contributed by atoms with E-state index in [1.807, 2.05) is 44.2 Å². The van der Waals surface area contributed by atoms with Gasteiger partial charge in [-0.1, -0.05) is 108 Å². The number of rotatable bonds is 13. The number of amides is 2. The molecule has 2 amide bonds. The maximum absolute atomic E-state index is 14.5. The number of nitrogens with zero attached hydrogens (tertiary/aromatic N) is 2. The van der Waals surface area contributed by atoms with Crippen molar-refractivity contribution in [3.05, 3.63) is 129 Å². The van der Waals surface area contributed by atoms with Crippen molar-refractivity contribution in [1.29, 1.82) is 0 Å². The van der Waals surface area contributed by atoms with Crippen LogP contribution in [-0.2, 0) is 32.6 Å².